The van der Waals surface area contributed by atoms with Crippen LogP contribution < -0.4 is 11.1 Å². The van der Waals surface area contributed by atoms with Crippen molar-refractivity contribution in [2.45, 2.75) is 44.6 Å². The zero-order valence-electron chi connectivity index (χ0n) is 15.1. The molecule has 2 unspecified atom stereocenters. The molecule has 26 heavy (non-hydrogen) atoms. The smallest absolute Gasteiger partial charge is 0.223 e. The number of amides is 1. The fourth-order valence-electron chi connectivity index (χ4n) is 4.60. The Hall–Kier alpha value is -1.72. The molecular formula is C21H27N3OS. The number of hydrogen-bond donors (Lipinski definition) is 2. The van der Waals surface area contributed by atoms with E-state index in [0.717, 1.165) is 35.5 Å². The van der Waals surface area contributed by atoms with Gasteiger partial charge < -0.3 is 11.1 Å². The summed E-state index contributed by atoms with van der Waals surface area (Å²) in [6, 6.07) is 10.5. The number of thiazole rings is 1. The molecule has 0 aliphatic heterocycles. The number of carbonyl (C=O) groups excluding carboxylic acids is 1. The number of fused-ring (bicyclic) bond motifs is 2. The third-order valence-corrected chi connectivity index (χ3v) is 6.98. The summed E-state index contributed by atoms with van der Waals surface area (Å²) in [5.74, 6) is 1.46. The van der Waals surface area contributed by atoms with E-state index in [9.17, 15) is 4.79 Å². The molecule has 1 aromatic carbocycles. The van der Waals surface area contributed by atoms with Crippen LogP contribution in [0.3, 0.4) is 0 Å². The van der Waals surface area contributed by atoms with Crippen molar-refractivity contribution < 1.29 is 4.79 Å². The Balaban J connectivity index is 1.27. The van der Waals surface area contributed by atoms with Crippen LogP contribution in [0.25, 0.3) is 10.6 Å². The lowest BCUT2D eigenvalue weighted by atomic mass is 9.65. The van der Waals surface area contributed by atoms with Crippen LogP contribution in [-0.4, -0.2) is 23.5 Å². The van der Waals surface area contributed by atoms with Crippen molar-refractivity contribution in [3.8, 4) is 10.6 Å². The Morgan fingerprint density at radius 3 is 2.65 bits per heavy atom. The van der Waals surface area contributed by atoms with Gasteiger partial charge in [-0.05, 0) is 37.5 Å². The van der Waals surface area contributed by atoms with Gasteiger partial charge in [0.05, 0.1) is 5.69 Å². The first-order chi connectivity index (χ1) is 12.7. The molecule has 2 fully saturated rings. The van der Waals surface area contributed by atoms with Gasteiger partial charge >= 0.3 is 0 Å². The largest absolute Gasteiger partial charge is 0.355 e. The van der Waals surface area contributed by atoms with Gasteiger partial charge in [-0.2, -0.15) is 0 Å². The molecule has 5 heteroatoms. The average Bonchev–Trinajstić information content (AvgIpc) is 3.11. The van der Waals surface area contributed by atoms with Crippen molar-refractivity contribution in [2.75, 3.05) is 6.54 Å². The predicted octanol–water partition coefficient (Wildman–Crippen LogP) is 3.62. The third kappa shape index (κ3) is 3.84. The van der Waals surface area contributed by atoms with E-state index in [-0.39, 0.29) is 11.8 Å². The Bertz CT molecular complexity index is 731. The molecule has 2 aliphatic rings. The number of benzene rings is 1. The molecule has 4 rings (SSSR count). The second-order valence-electron chi connectivity index (χ2n) is 7.75. The molecule has 2 aromatic rings. The van der Waals surface area contributed by atoms with E-state index in [0.29, 0.717) is 24.4 Å². The zero-order valence-corrected chi connectivity index (χ0v) is 15.9. The van der Waals surface area contributed by atoms with E-state index in [2.05, 4.69) is 22.8 Å². The van der Waals surface area contributed by atoms with Gasteiger partial charge in [0.2, 0.25) is 5.91 Å². The highest BCUT2D eigenvalue weighted by atomic mass is 32.1. The zero-order chi connectivity index (χ0) is 17.9. The lowest BCUT2D eigenvalue weighted by Crippen LogP contribution is -2.49. The molecular weight excluding hydrogens is 342 g/mol. The fraction of sp³-hybridized carbons (Fsp3) is 0.524. The molecule has 4 nitrogen and oxygen atoms in total. The summed E-state index contributed by atoms with van der Waals surface area (Å²) in [5, 5.41) is 6.28. The van der Waals surface area contributed by atoms with Crippen molar-refractivity contribution in [3.63, 3.8) is 0 Å². The summed E-state index contributed by atoms with van der Waals surface area (Å²) in [6.45, 7) is 0.661. The Morgan fingerprint density at radius 1 is 1.19 bits per heavy atom. The van der Waals surface area contributed by atoms with Crippen LogP contribution in [0, 0.1) is 17.8 Å². The normalized spacial score (nSPS) is 27.9. The van der Waals surface area contributed by atoms with Crippen molar-refractivity contribution in [3.05, 3.63) is 41.4 Å². The molecule has 0 saturated heterocycles. The molecule has 2 bridgehead atoms. The van der Waals surface area contributed by atoms with Crippen LogP contribution in [0.2, 0.25) is 0 Å². The van der Waals surface area contributed by atoms with Gasteiger partial charge in [-0.25, -0.2) is 4.98 Å². The molecule has 2 aliphatic carbocycles. The van der Waals surface area contributed by atoms with Gasteiger partial charge in [-0.3, -0.25) is 4.79 Å². The van der Waals surface area contributed by atoms with E-state index >= 15 is 0 Å². The number of carbonyl (C=O) groups is 1. The maximum absolute atomic E-state index is 12.6. The summed E-state index contributed by atoms with van der Waals surface area (Å²) < 4.78 is 0. The first kappa shape index (κ1) is 17.7. The molecule has 0 spiro atoms. The minimum absolute atomic E-state index is 0.153. The molecule has 138 valence electrons. The first-order valence-electron chi connectivity index (χ1n) is 9.74. The van der Waals surface area contributed by atoms with Gasteiger partial charge in [-0.1, -0.05) is 36.8 Å². The fourth-order valence-corrected chi connectivity index (χ4v) is 5.46. The summed E-state index contributed by atoms with van der Waals surface area (Å²) >= 11 is 1.66. The number of nitrogens with one attached hydrogen (secondary N) is 1. The van der Waals surface area contributed by atoms with Crippen LogP contribution in [0.1, 0.15) is 37.8 Å². The topological polar surface area (TPSA) is 68.0 Å². The molecule has 2 saturated carbocycles. The minimum atomic E-state index is 0.153. The van der Waals surface area contributed by atoms with E-state index in [1.54, 1.807) is 11.3 Å². The monoisotopic (exact) mass is 369 g/mol. The summed E-state index contributed by atoms with van der Waals surface area (Å²) in [7, 11) is 0. The molecule has 1 heterocycles. The second kappa shape index (κ2) is 7.89. The summed E-state index contributed by atoms with van der Waals surface area (Å²) in [5.41, 5.74) is 8.54. The SMILES string of the molecule is NC1C2CCCC1CC(C(=O)NCCc1csc(-c3ccccc3)n1)C2. The average molecular weight is 370 g/mol. The number of rotatable bonds is 5. The van der Waals surface area contributed by atoms with Crippen LogP contribution in [0.15, 0.2) is 35.7 Å². The van der Waals surface area contributed by atoms with Crippen molar-refractivity contribution in [1.29, 1.82) is 0 Å². The van der Waals surface area contributed by atoms with Gasteiger partial charge in [0, 0.05) is 35.9 Å². The Morgan fingerprint density at radius 2 is 1.92 bits per heavy atom. The van der Waals surface area contributed by atoms with Crippen molar-refractivity contribution in [2.24, 2.45) is 23.5 Å². The summed E-state index contributed by atoms with van der Waals surface area (Å²) in [6.07, 6.45) is 6.40. The van der Waals surface area contributed by atoms with Crippen molar-refractivity contribution >= 4 is 17.2 Å². The number of aromatic nitrogens is 1. The predicted molar refractivity (Wildman–Crippen MR) is 106 cm³/mol. The lowest BCUT2D eigenvalue weighted by Gasteiger charge is -2.43. The van der Waals surface area contributed by atoms with E-state index in [4.69, 9.17) is 10.7 Å². The standard InChI is InChI=1S/C21H27N3OS/c22-19-15-7-4-8-16(19)12-17(11-15)20(25)23-10-9-18-13-26-21(24-18)14-5-2-1-3-6-14/h1-3,5-6,13,15-17,19H,4,7-12,22H2,(H,23,25). The number of hydrogen-bond acceptors (Lipinski definition) is 4. The van der Waals surface area contributed by atoms with E-state index in [1.165, 1.54) is 19.3 Å². The maximum Gasteiger partial charge on any atom is 0.223 e. The highest BCUT2D eigenvalue weighted by molar-refractivity contribution is 7.13. The third-order valence-electron chi connectivity index (χ3n) is 6.04. The molecule has 1 aromatic heterocycles. The lowest BCUT2D eigenvalue weighted by molar-refractivity contribution is -0.127. The van der Waals surface area contributed by atoms with Crippen LogP contribution in [-0.2, 0) is 11.2 Å². The van der Waals surface area contributed by atoms with Crippen LogP contribution in [0.5, 0.6) is 0 Å². The quantitative estimate of drug-likeness (QED) is 0.846. The first-order valence-corrected chi connectivity index (χ1v) is 10.6. The highest BCUT2D eigenvalue weighted by Gasteiger charge is 2.40. The van der Waals surface area contributed by atoms with E-state index in [1.807, 2.05) is 18.2 Å². The van der Waals surface area contributed by atoms with Crippen molar-refractivity contribution in [1.82, 2.24) is 10.3 Å². The molecule has 3 N–H and O–H groups in total. The maximum atomic E-state index is 12.6. The molecule has 0 radical (unpaired) electrons. The molecule has 1 amide bonds. The van der Waals surface area contributed by atoms with Gasteiger partial charge in [0.15, 0.2) is 0 Å². The molecule has 2 atom stereocenters. The summed E-state index contributed by atoms with van der Waals surface area (Å²) in [4.78, 5) is 17.3. The Kier molecular flexibility index (Phi) is 5.36. The minimum Gasteiger partial charge on any atom is -0.355 e. The van der Waals surface area contributed by atoms with Gasteiger partial charge in [0.25, 0.3) is 0 Å². The van der Waals surface area contributed by atoms with Crippen LogP contribution in [0.4, 0.5) is 0 Å². The van der Waals surface area contributed by atoms with Crippen LogP contribution >= 0.6 is 11.3 Å². The Labute approximate surface area is 159 Å². The second-order valence-corrected chi connectivity index (χ2v) is 8.61. The van der Waals surface area contributed by atoms with Gasteiger partial charge in [-0.15, -0.1) is 11.3 Å². The van der Waals surface area contributed by atoms with E-state index < -0.39 is 0 Å². The highest BCUT2D eigenvalue weighted by Crippen LogP contribution is 2.41. The number of nitrogens with zero attached hydrogens (tertiary/aromatic N) is 1. The van der Waals surface area contributed by atoms with Gasteiger partial charge in [0.1, 0.15) is 5.01 Å². The number of nitrogens with two attached hydrogens (primary N) is 1.